The standard InChI is InChI=1S/C14H20N2O3/c1-3-16(9-10(2)14(18)19)13(17)12-6-4-11(8-15)5-7-12/h4-7,10H,3,8-9,15H2,1-2H3,(H,18,19). The number of amides is 1. The fourth-order valence-corrected chi connectivity index (χ4v) is 1.73. The number of carbonyl (C=O) groups excluding carboxylic acids is 1. The number of benzene rings is 1. The highest BCUT2D eigenvalue weighted by molar-refractivity contribution is 5.94. The third kappa shape index (κ3) is 4.06. The molecule has 0 radical (unpaired) electrons. The van der Waals surface area contributed by atoms with Gasteiger partial charge in [0.05, 0.1) is 5.92 Å². The van der Waals surface area contributed by atoms with Gasteiger partial charge in [-0.25, -0.2) is 0 Å². The number of carboxylic acids is 1. The van der Waals surface area contributed by atoms with Crippen LogP contribution in [0.3, 0.4) is 0 Å². The molecule has 0 fully saturated rings. The predicted octanol–water partition coefficient (Wildman–Crippen LogP) is 1.33. The minimum atomic E-state index is -0.898. The first kappa shape index (κ1) is 15.2. The third-order valence-electron chi connectivity index (χ3n) is 3.02. The summed E-state index contributed by atoms with van der Waals surface area (Å²) in [5, 5.41) is 8.90. The van der Waals surface area contributed by atoms with Crippen molar-refractivity contribution >= 4 is 11.9 Å². The summed E-state index contributed by atoms with van der Waals surface area (Å²) in [4.78, 5) is 24.6. The van der Waals surface area contributed by atoms with Crippen LogP contribution in [0, 0.1) is 5.92 Å². The van der Waals surface area contributed by atoms with Crippen LogP contribution in [0.2, 0.25) is 0 Å². The smallest absolute Gasteiger partial charge is 0.308 e. The van der Waals surface area contributed by atoms with Gasteiger partial charge in [0.2, 0.25) is 0 Å². The van der Waals surface area contributed by atoms with Crippen molar-refractivity contribution in [3.05, 3.63) is 35.4 Å². The summed E-state index contributed by atoms with van der Waals surface area (Å²) in [6.45, 7) is 4.55. The molecule has 19 heavy (non-hydrogen) atoms. The Morgan fingerprint density at radius 3 is 2.32 bits per heavy atom. The van der Waals surface area contributed by atoms with Crippen molar-refractivity contribution in [3.8, 4) is 0 Å². The normalized spacial score (nSPS) is 11.9. The summed E-state index contributed by atoms with van der Waals surface area (Å²) >= 11 is 0. The van der Waals surface area contributed by atoms with E-state index in [4.69, 9.17) is 10.8 Å². The van der Waals surface area contributed by atoms with E-state index < -0.39 is 11.9 Å². The maximum Gasteiger partial charge on any atom is 0.308 e. The van der Waals surface area contributed by atoms with E-state index in [2.05, 4.69) is 0 Å². The van der Waals surface area contributed by atoms with Crippen molar-refractivity contribution in [2.24, 2.45) is 11.7 Å². The molecule has 5 nitrogen and oxygen atoms in total. The van der Waals surface area contributed by atoms with Crippen molar-refractivity contribution in [3.63, 3.8) is 0 Å². The summed E-state index contributed by atoms with van der Waals surface area (Å²) in [6.07, 6.45) is 0. The Labute approximate surface area is 113 Å². The van der Waals surface area contributed by atoms with Crippen molar-refractivity contribution in [1.82, 2.24) is 4.90 Å². The van der Waals surface area contributed by atoms with Gasteiger partial charge >= 0.3 is 5.97 Å². The molecule has 0 spiro atoms. The number of nitrogens with two attached hydrogens (primary N) is 1. The van der Waals surface area contributed by atoms with Crippen LogP contribution < -0.4 is 5.73 Å². The molecule has 1 atom stereocenters. The van der Waals surface area contributed by atoms with E-state index in [9.17, 15) is 9.59 Å². The van der Waals surface area contributed by atoms with Gasteiger partial charge in [-0.1, -0.05) is 19.1 Å². The summed E-state index contributed by atoms with van der Waals surface area (Å²) < 4.78 is 0. The van der Waals surface area contributed by atoms with Gasteiger partial charge in [-0.2, -0.15) is 0 Å². The highest BCUT2D eigenvalue weighted by Gasteiger charge is 2.20. The average molecular weight is 264 g/mol. The zero-order chi connectivity index (χ0) is 14.4. The van der Waals surface area contributed by atoms with E-state index >= 15 is 0 Å². The van der Waals surface area contributed by atoms with Crippen LogP contribution in [0.5, 0.6) is 0 Å². The molecule has 3 N–H and O–H groups in total. The molecule has 0 saturated carbocycles. The molecule has 1 aromatic rings. The van der Waals surface area contributed by atoms with E-state index in [1.165, 1.54) is 4.90 Å². The first-order chi connectivity index (χ1) is 8.99. The SMILES string of the molecule is CCN(CC(C)C(=O)O)C(=O)c1ccc(CN)cc1. The molecule has 0 saturated heterocycles. The number of carboxylic acid groups (broad SMARTS) is 1. The van der Waals surface area contributed by atoms with Gasteiger partial charge < -0.3 is 15.7 Å². The van der Waals surface area contributed by atoms with Crippen LogP contribution in [0.25, 0.3) is 0 Å². The fraction of sp³-hybridized carbons (Fsp3) is 0.429. The van der Waals surface area contributed by atoms with E-state index in [1.807, 2.05) is 19.1 Å². The van der Waals surface area contributed by atoms with Crippen LogP contribution in [0.4, 0.5) is 0 Å². The van der Waals surface area contributed by atoms with Gasteiger partial charge in [-0.05, 0) is 24.6 Å². The van der Waals surface area contributed by atoms with Gasteiger partial charge in [0.25, 0.3) is 5.91 Å². The van der Waals surface area contributed by atoms with Crippen molar-refractivity contribution in [2.75, 3.05) is 13.1 Å². The van der Waals surface area contributed by atoms with Gasteiger partial charge in [-0.3, -0.25) is 9.59 Å². The topological polar surface area (TPSA) is 83.6 Å². The van der Waals surface area contributed by atoms with Gasteiger partial charge in [0.15, 0.2) is 0 Å². The van der Waals surface area contributed by atoms with Crippen LogP contribution in [-0.2, 0) is 11.3 Å². The highest BCUT2D eigenvalue weighted by atomic mass is 16.4. The lowest BCUT2D eigenvalue weighted by atomic mass is 10.1. The summed E-state index contributed by atoms with van der Waals surface area (Å²) in [7, 11) is 0. The molecule has 5 heteroatoms. The first-order valence-corrected chi connectivity index (χ1v) is 6.30. The van der Waals surface area contributed by atoms with Gasteiger partial charge in [0.1, 0.15) is 0 Å². The lowest BCUT2D eigenvalue weighted by Crippen LogP contribution is -2.36. The second kappa shape index (κ2) is 6.89. The van der Waals surface area contributed by atoms with Crippen LogP contribution in [0.15, 0.2) is 24.3 Å². The van der Waals surface area contributed by atoms with Crippen LogP contribution in [0.1, 0.15) is 29.8 Å². The van der Waals surface area contributed by atoms with E-state index in [0.29, 0.717) is 18.7 Å². The number of hydrogen-bond acceptors (Lipinski definition) is 3. The van der Waals surface area contributed by atoms with Crippen LogP contribution in [-0.4, -0.2) is 35.0 Å². The molecule has 1 amide bonds. The van der Waals surface area contributed by atoms with Crippen LogP contribution >= 0.6 is 0 Å². The van der Waals surface area contributed by atoms with Crippen molar-refractivity contribution < 1.29 is 14.7 Å². The Morgan fingerprint density at radius 2 is 1.89 bits per heavy atom. The first-order valence-electron chi connectivity index (χ1n) is 6.30. The summed E-state index contributed by atoms with van der Waals surface area (Å²) in [5.74, 6) is -1.63. The van der Waals surface area contributed by atoms with Crippen molar-refractivity contribution in [1.29, 1.82) is 0 Å². The minimum absolute atomic E-state index is 0.154. The summed E-state index contributed by atoms with van der Waals surface area (Å²) in [5.41, 5.74) is 7.01. The quantitative estimate of drug-likeness (QED) is 0.812. The lowest BCUT2D eigenvalue weighted by molar-refractivity contribution is -0.141. The predicted molar refractivity (Wildman–Crippen MR) is 72.7 cm³/mol. The Hall–Kier alpha value is -1.88. The monoisotopic (exact) mass is 264 g/mol. The lowest BCUT2D eigenvalue weighted by Gasteiger charge is -2.23. The minimum Gasteiger partial charge on any atom is -0.481 e. The largest absolute Gasteiger partial charge is 0.481 e. The molecule has 0 aliphatic carbocycles. The fourth-order valence-electron chi connectivity index (χ4n) is 1.73. The number of aliphatic carboxylic acids is 1. The zero-order valence-corrected chi connectivity index (χ0v) is 11.3. The Kier molecular flexibility index (Phi) is 5.51. The zero-order valence-electron chi connectivity index (χ0n) is 11.3. The molecular weight excluding hydrogens is 244 g/mol. The molecule has 1 aromatic carbocycles. The maximum atomic E-state index is 12.2. The number of nitrogens with zero attached hydrogens (tertiary/aromatic N) is 1. The second-order valence-corrected chi connectivity index (χ2v) is 4.48. The molecule has 0 heterocycles. The Morgan fingerprint density at radius 1 is 1.32 bits per heavy atom. The van der Waals surface area contributed by atoms with E-state index in [0.717, 1.165) is 5.56 Å². The average Bonchev–Trinajstić information content (AvgIpc) is 2.43. The molecule has 0 aliphatic rings. The Balaban J connectivity index is 2.79. The second-order valence-electron chi connectivity index (χ2n) is 4.48. The molecule has 0 aliphatic heterocycles. The molecular formula is C14H20N2O3. The van der Waals surface area contributed by atoms with Gasteiger partial charge in [-0.15, -0.1) is 0 Å². The molecule has 104 valence electrons. The number of carbonyl (C=O) groups is 2. The summed E-state index contributed by atoms with van der Waals surface area (Å²) in [6, 6.07) is 7.06. The Bertz CT molecular complexity index is 443. The third-order valence-corrected chi connectivity index (χ3v) is 3.02. The number of hydrogen-bond donors (Lipinski definition) is 2. The number of rotatable bonds is 6. The van der Waals surface area contributed by atoms with E-state index in [-0.39, 0.29) is 12.5 Å². The molecule has 0 bridgehead atoms. The molecule has 0 aromatic heterocycles. The molecule has 1 rings (SSSR count). The molecule has 1 unspecified atom stereocenters. The van der Waals surface area contributed by atoms with Gasteiger partial charge in [0, 0.05) is 25.2 Å². The van der Waals surface area contributed by atoms with Crippen molar-refractivity contribution in [2.45, 2.75) is 20.4 Å². The maximum absolute atomic E-state index is 12.2. The van der Waals surface area contributed by atoms with E-state index in [1.54, 1.807) is 19.1 Å². The highest BCUT2D eigenvalue weighted by Crippen LogP contribution is 2.09.